The number of Topliss-reactive ketones (excluding diaryl/α,β-unsaturated/α-hetero) is 1. The van der Waals surface area contributed by atoms with Crippen molar-refractivity contribution in [1.82, 2.24) is 0 Å². The largest absolute Gasteiger partial charge is 0.487 e. The van der Waals surface area contributed by atoms with Crippen LogP contribution in [0.3, 0.4) is 0 Å². The topological polar surface area (TPSA) is 26.3 Å². The van der Waals surface area contributed by atoms with E-state index in [1.807, 2.05) is 26.0 Å². The Morgan fingerprint density at radius 3 is 2.86 bits per heavy atom. The highest BCUT2D eigenvalue weighted by atomic mass is 16.5. The van der Waals surface area contributed by atoms with Crippen LogP contribution in [-0.2, 0) is 9.53 Å². The second-order valence-corrected chi connectivity index (χ2v) is 4.81. The minimum Gasteiger partial charge on any atom is -0.487 e. The number of rotatable bonds is 0. The summed E-state index contributed by atoms with van der Waals surface area (Å²) in [6, 6.07) is 0. The van der Waals surface area contributed by atoms with Crippen molar-refractivity contribution in [3.05, 3.63) is 23.5 Å². The number of ketones is 1. The molecule has 2 nitrogen and oxygen atoms in total. The molecule has 0 saturated carbocycles. The smallest absolute Gasteiger partial charge is 0.166 e. The van der Waals surface area contributed by atoms with Gasteiger partial charge in [0, 0.05) is 12.8 Å². The highest BCUT2D eigenvalue weighted by Gasteiger charge is 2.31. The maximum atomic E-state index is 11.7. The number of ether oxygens (including phenoxy) is 1. The molecule has 0 fully saturated rings. The lowest BCUT2D eigenvalue weighted by Crippen LogP contribution is -2.29. The third-order valence-electron chi connectivity index (χ3n) is 2.71. The molecule has 1 aliphatic carbocycles. The summed E-state index contributed by atoms with van der Waals surface area (Å²) in [5.41, 5.74) is 0.540. The summed E-state index contributed by atoms with van der Waals surface area (Å²) in [5, 5.41) is 0. The Morgan fingerprint density at radius 2 is 2.14 bits per heavy atom. The molecule has 0 unspecified atom stereocenters. The van der Waals surface area contributed by atoms with Crippen molar-refractivity contribution < 1.29 is 9.53 Å². The van der Waals surface area contributed by atoms with Gasteiger partial charge in [0.1, 0.15) is 11.4 Å². The highest BCUT2D eigenvalue weighted by molar-refractivity contribution is 5.99. The fourth-order valence-electron chi connectivity index (χ4n) is 2.00. The van der Waals surface area contributed by atoms with Crippen molar-refractivity contribution in [2.24, 2.45) is 5.92 Å². The molecule has 2 rings (SSSR count). The number of hydrogen-bond acceptors (Lipinski definition) is 2. The third kappa shape index (κ3) is 1.61. The summed E-state index contributed by atoms with van der Waals surface area (Å²) < 4.78 is 5.79. The first kappa shape index (κ1) is 9.50. The van der Waals surface area contributed by atoms with Gasteiger partial charge in [0.25, 0.3) is 0 Å². The van der Waals surface area contributed by atoms with Crippen molar-refractivity contribution in [2.75, 3.05) is 0 Å². The van der Waals surface area contributed by atoms with Crippen molar-refractivity contribution in [2.45, 2.75) is 39.2 Å². The molecule has 0 saturated heterocycles. The monoisotopic (exact) mass is 192 g/mol. The zero-order chi connectivity index (χ0) is 10.3. The minimum absolute atomic E-state index is 0.227. The first-order valence-electron chi connectivity index (χ1n) is 5.12. The van der Waals surface area contributed by atoms with Gasteiger partial charge in [0.15, 0.2) is 5.78 Å². The Hall–Kier alpha value is -1.05. The van der Waals surface area contributed by atoms with Crippen molar-refractivity contribution in [3.8, 4) is 0 Å². The van der Waals surface area contributed by atoms with Gasteiger partial charge in [-0.1, -0.05) is 6.92 Å². The van der Waals surface area contributed by atoms with Crippen LogP contribution in [0.2, 0.25) is 0 Å². The lowest BCUT2D eigenvalue weighted by atomic mass is 9.86. The molecule has 0 aromatic rings. The average Bonchev–Trinajstić information content (AvgIpc) is 2.00. The van der Waals surface area contributed by atoms with Crippen LogP contribution >= 0.6 is 0 Å². The van der Waals surface area contributed by atoms with Gasteiger partial charge in [0.2, 0.25) is 0 Å². The lowest BCUT2D eigenvalue weighted by Gasteiger charge is -2.33. The van der Waals surface area contributed by atoms with Gasteiger partial charge in [-0.15, -0.1) is 0 Å². The van der Waals surface area contributed by atoms with E-state index in [0.717, 1.165) is 17.8 Å². The van der Waals surface area contributed by atoms with Crippen LogP contribution in [0.5, 0.6) is 0 Å². The number of carbonyl (C=O) groups is 1. The van der Waals surface area contributed by atoms with Crippen LogP contribution in [0, 0.1) is 5.92 Å². The average molecular weight is 192 g/mol. The fourth-order valence-corrected chi connectivity index (χ4v) is 2.00. The molecule has 0 amide bonds. The van der Waals surface area contributed by atoms with E-state index < -0.39 is 0 Å². The predicted molar refractivity (Wildman–Crippen MR) is 54.7 cm³/mol. The van der Waals surface area contributed by atoms with Crippen LogP contribution in [0.1, 0.15) is 33.6 Å². The lowest BCUT2D eigenvalue weighted by molar-refractivity contribution is -0.117. The third-order valence-corrected chi connectivity index (χ3v) is 2.71. The molecule has 0 N–H and O–H groups in total. The van der Waals surface area contributed by atoms with Gasteiger partial charge >= 0.3 is 0 Å². The van der Waals surface area contributed by atoms with Crippen molar-refractivity contribution in [3.63, 3.8) is 0 Å². The molecule has 0 aromatic heterocycles. The van der Waals surface area contributed by atoms with E-state index in [1.54, 1.807) is 0 Å². The molecular weight excluding hydrogens is 176 g/mol. The van der Waals surface area contributed by atoms with Crippen LogP contribution in [-0.4, -0.2) is 11.4 Å². The SMILES string of the molecule is C[C@H]1CC(=O)C2=C(C1)OC(C)(C)C=C2. The predicted octanol–water partition coefficient (Wildman–Crippen LogP) is 2.60. The molecule has 0 bridgehead atoms. The number of carbonyl (C=O) groups excluding carboxylic acids is 1. The normalized spacial score (nSPS) is 29.9. The summed E-state index contributed by atoms with van der Waals surface area (Å²) in [7, 11) is 0. The molecule has 0 radical (unpaired) electrons. The zero-order valence-electron chi connectivity index (χ0n) is 8.96. The molecule has 0 spiro atoms. The van der Waals surface area contributed by atoms with E-state index in [-0.39, 0.29) is 11.4 Å². The van der Waals surface area contributed by atoms with Gasteiger partial charge < -0.3 is 4.74 Å². The Morgan fingerprint density at radius 1 is 1.43 bits per heavy atom. The Kier molecular flexibility index (Phi) is 2.02. The van der Waals surface area contributed by atoms with Crippen LogP contribution in [0.15, 0.2) is 23.5 Å². The van der Waals surface area contributed by atoms with Gasteiger partial charge in [-0.05, 0) is 31.9 Å². The first-order chi connectivity index (χ1) is 6.48. The van der Waals surface area contributed by atoms with Crippen LogP contribution in [0.4, 0.5) is 0 Å². The second-order valence-electron chi connectivity index (χ2n) is 4.81. The molecule has 1 aliphatic heterocycles. The maximum absolute atomic E-state index is 11.7. The molecule has 0 aromatic carbocycles. The quantitative estimate of drug-likeness (QED) is 0.589. The van der Waals surface area contributed by atoms with E-state index in [2.05, 4.69) is 6.92 Å². The molecule has 1 atom stereocenters. The second kappa shape index (κ2) is 2.97. The molecular formula is C12H16O2. The summed E-state index contributed by atoms with van der Waals surface area (Å²) in [5.74, 6) is 1.54. The standard InChI is InChI=1S/C12H16O2/c1-8-6-10(13)9-4-5-12(2,3)14-11(9)7-8/h4-5,8H,6-7H2,1-3H3/t8-/m0/s1. The molecule has 14 heavy (non-hydrogen) atoms. The summed E-state index contributed by atoms with van der Waals surface area (Å²) in [6.07, 6.45) is 5.44. The summed E-state index contributed by atoms with van der Waals surface area (Å²) in [4.78, 5) is 11.7. The van der Waals surface area contributed by atoms with Crippen molar-refractivity contribution in [1.29, 1.82) is 0 Å². The Bertz CT molecular complexity index is 334. The molecule has 76 valence electrons. The van der Waals surface area contributed by atoms with Gasteiger partial charge in [0.05, 0.1) is 5.57 Å². The zero-order valence-corrected chi connectivity index (χ0v) is 8.96. The van der Waals surface area contributed by atoms with E-state index >= 15 is 0 Å². The van der Waals surface area contributed by atoms with E-state index in [1.165, 1.54) is 0 Å². The molecule has 2 aliphatic rings. The van der Waals surface area contributed by atoms with Gasteiger partial charge in [-0.2, -0.15) is 0 Å². The summed E-state index contributed by atoms with van der Waals surface area (Å²) in [6.45, 7) is 6.12. The Balaban J connectivity index is 2.33. The fraction of sp³-hybridized carbons (Fsp3) is 0.583. The van der Waals surface area contributed by atoms with E-state index in [9.17, 15) is 4.79 Å². The van der Waals surface area contributed by atoms with E-state index in [0.29, 0.717) is 12.3 Å². The van der Waals surface area contributed by atoms with E-state index in [4.69, 9.17) is 4.74 Å². The molecule has 1 heterocycles. The minimum atomic E-state index is -0.254. The number of allylic oxidation sites excluding steroid dienone is 3. The van der Waals surface area contributed by atoms with Crippen molar-refractivity contribution >= 4 is 5.78 Å². The van der Waals surface area contributed by atoms with Gasteiger partial charge in [-0.25, -0.2) is 0 Å². The van der Waals surface area contributed by atoms with Crippen LogP contribution in [0.25, 0.3) is 0 Å². The first-order valence-corrected chi connectivity index (χ1v) is 5.12. The Labute approximate surface area is 84.6 Å². The molecule has 2 heteroatoms. The van der Waals surface area contributed by atoms with Gasteiger partial charge in [-0.3, -0.25) is 4.79 Å². The van der Waals surface area contributed by atoms with Crippen LogP contribution < -0.4 is 0 Å². The number of hydrogen-bond donors (Lipinski definition) is 0. The maximum Gasteiger partial charge on any atom is 0.166 e. The highest BCUT2D eigenvalue weighted by Crippen LogP contribution is 2.34. The summed E-state index contributed by atoms with van der Waals surface area (Å²) >= 11 is 0.